The molecule has 0 radical (unpaired) electrons. The SMILES string of the molecule is C[C@]12CCC[C@](C)(O)C1=CC(=O)CC2. The molecular formula is C12H18O2. The van der Waals surface area contributed by atoms with Crippen molar-refractivity contribution in [2.75, 3.05) is 0 Å². The van der Waals surface area contributed by atoms with E-state index in [-0.39, 0.29) is 11.2 Å². The van der Waals surface area contributed by atoms with Crippen molar-refractivity contribution in [1.29, 1.82) is 0 Å². The molecule has 0 bridgehead atoms. The third-order valence-electron chi connectivity index (χ3n) is 3.85. The van der Waals surface area contributed by atoms with Crippen LogP contribution in [-0.2, 0) is 4.79 Å². The highest BCUT2D eigenvalue weighted by Crippen LogP contribution is 2.50. The minimum atomic E-state index is -0.747. The zero-order valence-corrected chi connectivity index (χ0v) is 8.97. The van der Waals surface area contributed by atoms with Gasteiger partial charge in [-0.1, -0.05) is 6.92 Å². The van der Waals surface area contributed by atoms with Gasteiger partial charge in [0, 0.05) is 6.42 Å². The first-order valence-corrected chi connectivity index (χ1v) is 5.42. The van der Waals surface area contributed by atoms with Crippen molar-refractivity contribution in [2.24, 2.45) is 5.41 Å². The number of carbonyl (C=O) groups is 1. The average Bonchev–Trinajstić information content (AvgIpc) is 2.08. The molecule has 2 rings (SSSR count). The van der Waals surface area contributed by atoms with Gasteiger partial charge in [0.1, 0.15) is 0 Å². The summed E-state index contributed by atoms with van der Waals surface area (Å²) in [6.45, 7) is 4.02. The van der Waals surface area contributed by atoms with E-state index >= 15 is 0 Å². The van der Waals surface area contributed by atoms with E-state index in [2.05, 4.69) is 6.92 Å². The van der Waals surface area contributed by atoms with Crippen LogP contribution >= 0.6 is 0 Å². The summed E-state index contributed by atoms with van der Waals surface area (Å²) in [4.78, 5) is 11.4. The Labute approximate surface area is 85.0 Å². The summed E-state index contributed by atoms with van der Waals surface area (Å²) in [7, 11) is 0. The molecule has 1 N–H and O–H groups in total. The molecule has 2 atom stereocenters. The molecule has 0 heterocycles. The molecule has 2 nitrogen and oxygen atoms in total. The topological polar surface area (TPSA) is 37.3 Å². The maximum atomic E-state index is 11.4. The Morgan fingerprint density at radius 1 is 1.29 bits per heavy atom. The van der Waals surface area contributed by atoms with Crippen LogP contribution < -0.4 is 0 Å². The fourth-order valence-electron chi connectivity index (χ4n) is 2.96. The van der Waals surface area contributed by atoms with Crippen LogP contribution in [0.15, 0.2) is 11.6 Å². The lowest BCUT2D eigenvalue weighted by Gasteiger charge is -2.46. The van der Waals surface area contributed by atoms with Crippen molar-refractivity contribution in [3.63, 3.8) is 0 Å². The van der Waals surface area contributed by atoms with Gasteiger partial charge in [0.2, 0.25) is 0 Å². The van der Waals surface area contributed by atoms with Gasteiger partial charge in [-0.2, -0.15) is 0 Å². The number of hydrogen-bond donors (Lipinski definition) is 1. The lowest BCUT2D eigenvalue weighted by molar-refractivity contribution is -0.116. The highest BCUT2D eigenvalue weighted by atomic mass is 16.3. The van der Waals surface area contributed by atoms with Crippen molar-refractivity contribution >= 4 is 5.78 Å². The number of ketones is 1. The fourth-order valence-corrected chi connectivity index (χ4v) is 2.96. The Hall–Kier alpha value is -0.630. The molecule has 0 aromatic heterocycles. The third-order valence-corrected chi connectivity index (χ3v) is 3.85. The van der Waals surface area contributed by atoms with Crippen molar-refractivity contribution < 1.29 is 9.90 Å². The predicted molar refractivity (Wildman–Crippen MR) is 54.9 cm³/mol. The highest BCUT2D eigenvalue weighted by Gasteiger charge is 2.44. The largest absolute Gasteiger partial charge is 0.386 e. The van der Waals surface area contributed by atoms with Gasteiger partial charge in [-0.05, 0) is 49.7 Å². The standard InChI is InChI=1S/C12H18O2/c1-11-5-3-6-12(2,14)10(11)8-9(13)4-7-11/h8,14H,3-7H2,1-2H3/t11-,12+/m1/s1. The fraction of sp³-hybridized carbons (Fsp3) is 0.750. The van der Waals surface area contributed by atoms with Gasteiger partial charge in [-0.25, -0.2) is 0 Å². The van der Waals surface area contributed by atoms with Gasteiger partial charge in [-0.3, -0.25) is 4.79 Å². The van der Waals surface area contributed by atoms with Gasteiger partial charge in [0.15, 0.2) is 5.78 Å². The molecule has 0 unspecified atom stereocenters. The number of allylic oxidation sites excluding steroid dienone is 1. The number of aliphatic hydroxyl groups is 1. The van der Waals surface area contributed by atoms with E-state index in [1.807, 2.05) is 6.92 Å². The number of hydrogen-bond acceptors (Lipinski definition) is 2. The normalized spacial score (nSPS) is 43.1. The number of fused-ring (bicyclic) bond motifs is 1. The maximum Gasteiger partial charge on any atom is 0.155 e. The minimum Gasteiger partial charge on any atom is -0.386 e. The number of rotatable bonds is 0. The van der Waals surface area contributed by atoms with E-state index in [0.717, 1.165) is 31.3 Å². The molecule has 2 aliphatic carbocycles. The smallest absolute Gasteiger partial charge is 0.155 e. The summed E-state index contributed by atoms with van der Waals surface area (Å²) in [5, 5.41) is 10.2. The van der Waals surface area contributed by atoms with Gasteiger partial charge in [0.25, 0.3) is 0 Å². The van der Waals surface area contributed by atoms with Crippen molar-refractivity contribution in [1.82, 2.24) is 0 Å². The second-order valence-corrected chi connectivity index (χ2v) is 5.21. The molecule has 1 saturated carbocycles. The molecule has 1 fully saturated rings. The monoisotopic (exact) mass is 194 g/mol. The lowest BCUT2D eigenvalue weighted by atomic mass is 9.61. The Bertz CT molecular complexity index is 301. The third kappa shape index (κ3) is 1.42. The van der Waals surface area contributed by atoms with Crippen LogP contribution in [0.2, 0.25) is 0 Å². The van der Waals surface area contributed by atoms with E-state index < -0.39 is 5.60 Å². The molecule has 0 aliphatic heterocycles. The lowest BCUT2D eigenvalue weighted by Crippen LogP contribution is -2.43. The molecule has 0 saturated heterocycles. The average molecular weight is 194 g/mol. The molecule has 2 heteroatoms. The quantitative estimate of drug-likeness (QED) is 0.642. The van der Waals surface area contributed by atoms with E-state index in [9.17, 15) is 9.90 Å². The summed E-state index contributed by atoms with van der Waals surface area (Å²) >= 11 is 0. The van der Waals surface area contributed by atoms with E-state index in [4.69, 9.17) is 0 Å². The Morgan fingerprint density at radius 2 is 2.00 bits per heavy atom. The first kappa shape index (κ1) is 9.91. The van der Waals surface area contributed by atoms with Crippen LogP contribution in [-0.4, -0.2) is 16.5 Å². The summed E-state index contributed by atoms with van der Waals surface area (Å²) < 4.78 is 0. The maximum absolute atomic E-state index is 11.4. The van der Waals surface area contributed by atoms with Crippen LogP contribution in [0.4, 0.5) is 0 Å². The molecule has 0 aromatic carbocycles. The first-order chi connectivity index (χ1) is 6.44. The zero-order valence-electron chi connectivity index (χ0n) is 8.97. The van der Waals surface area contributed by atoms with E-state index in [1.165, 1.54) is 0 Å². The molecule has 2 aliphatic rings. The second-order valence-electron chi connectivity index (χ2n) is 5.21. The summed E-state index contributed by atoms with van der Waals surface area (Å²) in [6, 6.07) is 0. The molecule has 0 spiro atoms. The van der Waals surface area contributed by atoms with Crippen molar-refractivity contribution in [3.05, 3.63) is 11.6 Å². The number of carbonyl (C=O) groups excluding carboxylic acids is 1. The highest BCUT2D eigenvalue weighted by molar-refractivity contribution is 5.92. The second kappa shape index (κ2) is 2.93. The van der Waals surface area contributed by atoms with Crippen LogP contribution in [0.5, 0.6) is 0 Å². The van der Waals surface area contributed by atoms with E-state index in [1.54, 1.807) is 6.08 Å². The van der Waals surface area contributed by atoms with Crippen molar-refractivity contribution in [2.45, 2.75) is 51.6 Å². The van der Waals surface area contributed by atoms with Gasteiger partial charge in [0.05, 0.1) is 5.60 Å². The summed E-state index contributed by atoms with van der Waals surface area (Å²) in [5.74, 6) is 0.180. The summed E-state index contributed by atoms with van der Waals surface area (Å²) in [6.07, 6.45) is 6.23. The first-order valence-electron chi connectivity index (χ1n) is 5.42. The zero-order chi connectivity index (χ0) is 10.4. The minimum absolute atomic E-state index is 0.0790. The van der Waals surface area contributed by atoms with Gasteiger partial charge >= 0.3 is 0 Å². The molecular weight excluding hydrogens is 176 g/mol. The molecule has 78 valence electrons. The summed E-state index contributed by atoms with van der Waals surface area (Å²) in [5.41, 5.74) is 0.311. The Kier molecular flexibility index (Phi) is 2.07. The van der Waals surface area contributed by atoms with Crippen molar-refractivity contribution in [3.8, 4) is 0 Å². The van der Waals surface area contributed by atoms with Crippen LogP contribution in [0.1, 0.15) is 46.0 Å². The Balaban J connectivity index is 2.43. The predicted octanol–water partition coefficient (Wildman–Crippen LogP) is 2.22. The molecule has 14 heavy (non-hydrogen) atoms. The van der Waals surface area contributed by atoms with Crippen LogP contribution in [0, 0.1) is 5.41 Å². The van der Waals surface area contributed by atoms with Gasteiger partial charge < -0.3 is 5.11 Å². The van der Waals surface area contributed by atoms with Crippen LogP contribution in [0.25, 0.3) is 0 Å². The van der Waals surface area contributed by atoms with E-state index in [0.29, 0.717) is 6.42 Å². The Morgan fingerprint density at radius 3 is 2.71 bits per heavy atom. The van der Waals surface area contributed by atoms with Crippen LogP contribution in [0.3, 0.4) is 0 Å². The van der Waals surface area contributed by atoms with Gasteiger partial charge in [-0.15, -0.1) is 0 Å². The molecule has 0 amide bonds. The molecule has 0 aromatic rings.